The Balaban J connectivity index is 0.00000320. The Morgan fingerprint density at radius 2 is 1.93 bits per heavy atom. The van der Waals surface area contributed by atoms with E-state index in [4.69, 9.17) is 15.9 Å². The van der Waals surface area contributed by atoms with E-state index in [0.29, 0.717) is 11.1 Å². The maximum absolute atomic E-state index is 14.7. The summed E-state index contributed by atoms with van der Waals surface area (Å²) in [4.78, 5) is 16.6. The van der Waals surface area contributed by atoms with Crippen molar-refractivity contribution in [3.05, 3.63) is 89.5 Å². The van der Waals surface area contributed by atoms with E-state index in [0.717, 1.165) is 11.1 Å². The molecule has 0 radical (unpaired) electrons. The van der Waals surface area contributed by atoms with E-state index in [1.54, 1.807) is 54.9 Å². The number of nitrogens with one attached hydrogen (secondary N) is 2. The van der Waals surface area contributed by atoms with Crippen molar-refractivity contribution in [2.45, 2.75) is 12.6 Å². The standard InChI is InChI=1S/C22H21FN4O2.ClH/c1-29-20(22(28)27-12-14-4-6-15(7-5-14)21(24)25)18-9-8-16(11-19(18)23)17-3-2-10-26-13-17;/h2-11,13,20H,12H2,1H3,(H3,24,25)(H,27,28);1H. The summed E-state index contributed by atoms with van der Waals surface area (Å²) in [5.41, 5.74) is 8.46. The maximum atomic E-state index is 14.7. The number of pyridine rings is 1. The van der Waals surface area contributed by atoms with Gasteiger partial charge in [0.05, 0.1) is 0 Å². The lowest BCUT2D eigenvalue weighted by molar-refractivity contribution is -0.131. The molecule has 4 N–H and O–H groups in total. The number of ether oxygens (including phenoxy) is 1. The number of benzene rings is 2. The van der Waals surface area contributed by atoms with Crippen LogP contribution in [-0.4, -0.2) is 23.8 Å². The van der Waals surface area contributed by atoms with Crippen LogP contribution in [0, 0.1) is 11.2 Å². The third-order valence-electron chi connectivity index (χ3n) is 4.48. The Kier molecular flexibility index (Phi) is 8.03. The van der Waals surface area contributed by atoms with Crippen LogP contribution < -0.4 is 11.1 Å². The van der Waals surface area contributed by atoms with E-state index in [-0.39, 0.29) is 30.4 Å². The third kappa shape index (κ3) is 5.40. The van der Waals surface area contributed by atoms with Crippen molar-refractivity contribution in [3.8, 4) is 11.1 Å². The summed E-state index contributed by atoms with van der Waals surface area (Å²) in [6.45, 7) is 0.242. The van der Waals surface area contributed by atoms with Crippen molar-refractivity contribution in [1.29, 1.82) is 5.41 Å². The van der Waals surface area contributed by atoms with Gasteiger partial charge in [0.25, 0.3) is 5.91 Å². The van der Waals surface area contributed by atoms with Crippen LogP contribution in [0.1, 0.15) is 22.8 Å². The number of amidine groups is 1. The summed E-state index contributed by atoms with van der Waals surface area (Å²) in [5.74, 6) is -0.999. The van der Waals surface area contributed by atoms with Gasteiger partial charge in [-0.1, -0.05) is 42.5 Å². The van der Waals surface area contributed by atoms with Crippen molar-refractivity contribution < 1.29 is 13.9 Å². The lowest BCUT2D eigenvalue weighted by atomic mass is 10.0. The molecule has 3 aromatic rings. The van der Waals surface area contributed by atoms with Crippen LogP contribution in [0.15, 0.2) is 67.0 Å². The lowest BCUT2D eigenvalue weighted by Gasteiger charge is -2.17. The van der Waals surface area contributed by atoms with Crippen molar-refractivity contribution in [2.24, 2.45) is 5.73 Å². The number of methoxy groups -OCH3 is 1. The molecular weight excluding hydrogens is 407 g/mol. The average Bonchev–Trinajstić information content (AvgIpc) is 2.74. The van der Waals surface area contributed by atoms with E-state index in [9.17, 15) is 9.18 Å². The number of hydrogen-bond donors (Lipinski definition) is 3. The van der Waals surface area contributed by atoms with Gasteiger partial charge in [0, 0.05) is 42.7 Å². The van der Waals surface area contributed by atoms with Gasteiger partial charge in [-0.2, -0.15) is 0 Å². The van der Waals surface area contributed by atoms with Crippen LogP contribution >= 0.6 is 12.4 Å². The van der Waals surface area contributed by atoms with Crippen LogP contribution in [0.2, 0.25) is 0 Å². The van der Waals surface area contributed by atoms with Gasteiger partial charge < -0.3 is 15.8 Å². The molecule has 0 aliphatic carbocycles. The molecule has 8 heteroatoms. The van der Waals surface area contributed by atoms with Crippen LogP contribution in [0.4, 0.5) is 4.39 Å². The minimum absolute atomic E-state index is 0. The third-order valence-corrected chi connectivity index (χ3v) is 4.48. The molecule has 1 amide bonds. The maximum Gasteiger partial charge on any atom is 0.254 e. The summed E-state index contributed by atoms with van der Waals surface area (Å²) < 4.78 is 20.0. The van der Waals surface area contributed by atoms with Crippen LogP contribution in [0.3, 0.4) is 0 Å². The van der Waals surface area contributed by atoms with Crippen molar-refractivity contribution in [2.75, 3.05) is 7.11 Å². The number of nitrogen functional groups attached to an aromatic ring is 1. The molecule has 0 saturated carbocycles. The van der Waals surface area contributed by atoms with Gasteiger partial charge in [-0.05, 0) is 23.3 Å². The van der Waals surface area contributed by atoms with Crippen LogP contribution in [0.25, 0.3) is 11.1 Å². The first-order chi connectivity index (χ1) is 14.0. The molecule has 2 aromatic carbocycles. The Morgan fingerprint density at radius 1 is 1.20 bits per heavy atom. The number of carbonyl (C=O) groups is 1. The highest BCUT2D eigenvalue weighted by Gasteiger charge is 2.23. The molecule has 0 aliphatic heterocycles. The SMILES string of the molecule is COC(C(=O)NCc1ccc(C(=N)N)cc1)c1ccc(-c2cccnc2)cc1F.Cl. The number of carbonyl (C=O) groups excluding carboxylic acids is 1. The second-order valence-electron chi connectivity index (χ2n) is 6.42. The number of aromatic nitrogens is 1. The fraction of sp³-hybridized carbons (Fsp3) is 0.136. The highest BCUT2D eigenvalue weighted by atomic mass is 35.5. The second-order valence-corrected chi connectivity index (χ2v) is 6.42. The molecule has 3 rings (SSSR count). The number of hydrogen-bond acceptors (Lipinski definition) is 4. The summed E-state index contributed by atoms with van der Waals surface area (Å²) in [5, 5.41) is 10.1. The predicted molar refractivity (Wildman–Crippen MR) is 116 cm³/mol. The Hall–Kier alpha value is -3.29. The Morgan fingerprint density at radius 3 is 2.50 bits per heavy atom. The molecule has 30 heavy (non-hydrogen) atoms. The Labute approximate surface area is 180 Å². The van der Waals surface area contributed by atoms with Gasteiger partial charge in [-0.3, -0.25) is 15.2 Å². The summed E-state index contributed by atoms with van der Waals surface area (Å²) in [6.07, 6.45) is 2.22. The molecular formula is C22H22ClFN4O2. The van der Waals surface area contributed by atoms with Gasteiger partial charge in [0.1, 0.15) is 11.7 Å². The van der Waals surface area contributed by atoms with Gasteiger partial charge in [0.15, 0.2) is 6.10 Å². The number of nitrogens with zero attached hydrogens (tertiary/aromatic N) is 1. The predicted octanol–water partition coefficient (Wildman–Crippen LogP) is 3.60. The first-order valence-electron chi connectivity index (χ1n) is 8.93. The van der Waals surface area contributed by atoms with Crippen molar-refractivity contribution in [3.63, 3.8) is 0 Å². The van der Waals surface area contributed by atoms with Gasteiger partial charge in [-0.25, -0.2) is 4.39 Å². The number of rotatable bonds is 7. The zero-order valence-electron chi connectivity index (χ0n) is 16.3. The molecule has 0 spiro atoms. The average molecular weight is 429 g/mol. The summed E-state index contributed by atoms with van der Waals surface area (Å²) in [6, 6.07) is 15.2. The molecule has 1 unspecified atom stereocenters. The first-order valence-corrected chi connectivity index (χ1v) is 8.93. The fourth-order valence-electron chi connectivity index (χ4n) is 2.91. The minimum Gasteiger partial charge on any atom is -0.384 e. The fourth-order valence-corrected chi connectivity index (χ4v) is 2.91. The smallest absolute Gasteiger partial charge is 0.254 e. The van der Waals surface area contributed by atoms with Crippen LogP contribution in [-0.2, 0) is 16.1 Å². The van der Waals surface area contributed by atoms with Crippen molar-refractivity contribution in [1.82, 2.24) is 10.3 Å². The van der Waals surface area contributed by atoms with Gasteiger partial charge >= 0.3 is 0 Å². The number of amides is 1. The van der Waals surface area contributed by atoms with E-state index >= 15 is 0 Å². The first kappa shape index (κ1) is 23.0. The summed E-state index contributed by atoms with van der Waals surface area (Å²) in [7, 11) is 1.36. The zero-order chi connectivity index (χ0) is 20.8. The molecule has 0 fully saturated rings. The molecule has 1 aromatic heterocycles. The largest absolute Gasteiger partial charge is 0.384 e. The van der Waals surface area contributed by atoms with Gasteiger partial charge in [0.2, 0.25) is 0 Å². The molecule has 6 nitrogen and oxygen atoms in total. The Bertz CT molecular complexity index is 1010. The highest BCUT2D eigenvalue weighted by molar-refractivity contribution is 5.94. The molecule has 0 aliphatic rings. The molecule has 1 atom stereocenters. The van der Waals surface area contributed by atoms with E-state index < -0.39 is 17.8 Å². The number of nitrogens with two attached hydrogens (primary N) is 1. The monoisotopic (exact) mass is 428 g/mol. The highest BCUT2D eigenvalue weighted by Crippen LogP contribution is 2.26. The van der Waals surface area contributed by atoms with E-state index in [1.165, 1.54) is 13.2 Å². The topological polar surface area (TPSA) is 101 Å². The van der Waals surface area contributed by atoms with E-state index in [1.807, 2.05) is 6.07 Å². The van der Waals surface area contributed by atoms with Crippen molar-refractivity contribution >= 4 is 24.1 Å². The normalized spacial score (nSPS) is 11.3. The van der Waals surface area contributed by atoms with Crippen LogP contribution in [0.5, 0.6) is 0 Å². The second kappa shape index (κ2) is 10.5. The minimum atomic E-state index is -1.07. The van der Waals surface area contributed by atoms with Gasteiger partial charge in [-0.15, -0.1) is 12.4 Å². The lowest BCUT2D eigenvalue weighted by Crippen LogP contribution is -2.30. The molecule has 0 saturated heterocycles. The number of halogens is 2. The zero-order valence-corrected chi connectivity index (χ0v) is 17.1. The molecule has 0 bridgehead atoms. The van der Waals surface area contributed by atoms with E-state index in [2.05, 4.69) is 10.3 Å². The quantitative estimate of drug-likeness (QED) is 0.395. The molecule has 1 heterocycles. The molecule has 156 valence electrons. The summed E-state index contributed by atoms with van der Waals surface area (Å²) >= 11 is 0.